The minimum absolute atomic E-state index is 0.195. The molecule has 1 aliphatic heterocycles. The average Bonchev–Trinajstić information content (AvgIpc) is 3.00. The average molecular weight is 424 g/mol. The van der Waals surface area contributed by atoms with E-state index in [-0.39, 0.29) is 12.0 Å². The molecule has 0 bridgehead atoms. The van der Waals surface area contributed by atoms with Crippen molar-refractivity contribution in [1.29, 1.82) is 0 Å². The molecule has 0 N–H and O–H groups in total. The first-order valence-corrected chi connectivity index (χ1v) is 12.3. The number of ether oxygens (including phenoxy) is 2. The van der Waals surface area contributed by atoms with Gasteiger partial charge in [-0.05, 0) is 52.2 Å². The van der Waals surface area contributed by atoms with Crippen LogP contribution < -0.4 is 10.6 Å². The van der Waals surface area contributed by atoms with Gasteiger partial charge >= 0.3 is 6.09 Å². The van der Waals surface area contributed by atoms with E-state index < -0.39 is 18.1 Å². The van der Waals surface area contributed by atoms with E-state index in [2.05, 4.69) is 68.3 Å². The van der Waals surface area contributed by atoms with Crippen LogP contribution in [0.4, 0.5) is 4.79 Å². The van der Waals surface area contributed by atoms with E-state index in [9.17, 15) is 4.79 Å². The maximum atomic E-state index is 13.1. The molecule has 1 amide bonds. The zero-order chi connectivity index (χ0) is 22.0. The van der Waals surface area contributed by atoms with Crippen LogP contribution in [-0.4, -0.2) is 47.7 Å². The second-order valence-corrected chi connectivity index (χ2v) is 12.4. The van der Waals surface area contributed by atoms with Crippen LogP contribution in [0.15, 0.2) is 60.7 Å². The van der Waals surface area contributed by atoms with Crippen LogP contribution in [0.1, 0.15) is 41.5 Å². The van der Waals surface area contributed by atoms with Gasteiger partial charge in [-0.3, -0.25) is 4.90 Å². The number of amides is 1. The van der Waals surface area contributed by atoms with E-state index in [1.165, 1.54) is 10.6 Å². The van der Waals surface area contributed by atoms with Crippen LogP contribution in [0.3, 0.4) is 0 Å². The van der Waals surface area contributed by atoms with E-state index in [0.717, 1.165) is 0 Å². The van der Waals surface area contributed by atoms with Gasteiger partial charge in [0.05, 0.1) is 6.61 Å². The number of hydrogen-bond acceptors (Lipinski definition) is 3. The molecule has 1 fully saturated rings. The number of carbonyl (C=O) groups is 1. The van der Waals surface area contributed by atoms with Gasteiger partial charge in [-0.25, -0.2) is 4.79 Å². The predicted octanol–water partition coefficient (Wildman–Crippen LogP) is 4.43. The molecule has 4 nitrogen and oxygen atoms in total. The zero-order valence-corrected chi connectivity index (χ0v) is 19.7. The predicted molar refractivity (Wildman–Crippen MR) is 128 cm³/mol. The van der Waals surface area contributed by atoms with Crippen molar-refractivity contribution < 1.29 is 14.3 Å². The smallest absolute Gasteiger partial charge is 0.412 e. The third kappa shape index (κ3) is 4.68. The molecule has 1 atom stereocenters. The highest BCUT2D eigenvalue weighted by Gasteiger charge is 2.47. The van der Waals surface area contributed by atoms with E-state index in [4.69, 9.17) is 9.47 Å². The summed E-state index contributed by atoms with van der Waals surface area (Å²) >= 11 is 0. The zero-order valence-electron chi connectivity index (χ0n) is 18.8. The maximum absolute atomic E-state index is 13.1. The largest absolute Gasteiger partial charge is 0.444 e. The van der Waals surface area contributed by atoms with Gasteiger partial charge in [0, 0.05) is 5.94 Å². The highest BCUT2D eigenvalue weighted by molar-refractivity contribution is 8.09. The number of nitrogens with zero attached hydrogens (tertiary/aromatic N) is 1. The first-order valence-electron chi connectivity index (χ1n) is 10.4. The van der Waals surface area contributed by atoms with Crippen molar-refractivity contribution >= 4 is 36.3 Å². The molecule has 3 rings (SSSR count). The summed E-state index contributed by atoms with van der Waals surface area (Å²) in [4.78, 5) is 14.9. The summed E-state index contributed by atoms with van der Waals surface area (Å²) in [6, 6.07) is 21.1. The first kappa shape index (κ1) is 22.7. The second kappa shape index (κ2) is 8.65. The van der Waals surface area contributed by atoms with Gasteiger partial charge in [0.1, 0.15) is 11.3 Å². The van der Waals surface area contributed by atoms with Gasteiger partial charge < -0.3 is 9.47 Å². The second-order valence-electron chi connectivity index (χ2n) is 9.03. The fourth-order valence-corrected chi connectivity index (χ4v) is 7.44. The molecule has 0 aromatic heterocycles. The molecule has 0 saturated carbocycles. The third-order valence-electron chi connectivity index (χ3n) is 5.29. The molecular weight excluding hydrogens is 392 g/mol. The number of carbonyl (C=O) groups excluding carboxylic acids is 1. The van der Waals surface area contributed by atoms with Gasteiger partial charge in [-0.2, -0.15) is 0 Å². The molecule has 2 aromatic rings. The third-order valence-corrected chi connectivity index (χ3v) is 9.22. The summed E-state index contributed by atoms with van der Waals surface area (Å²) in [5.41, 5.74) is -1.30. The van der Waals surface area contributed by atoms with Crippen molar-refractivity contribution in [2.45, 2.75) is 58.8 Å². The first-order chi connectivity index (χ1) is 14.1. The quantitative estimate of drug-likeness (QED) is 0.539. The Labute approximate surface area is 181 Å². The van der Waals surface area contributed by atoms with Crippen molar-refractivity contribution in [3.63, 3.8) is 0 Å². The molecule has 30 heavy (non-hydrogen) atoms. The van der Waals surface area contributed by atoms with Crippen molar-refractivity contribution in [3.8, 4) is 0 Å². The number of benzene rings is 2. The Morgan fingerprint density at radius 2 is 1.60 bits per heavy atom. The summed E-state index contributed by atoms with van der Waals surface area (Å²) < 4.78 is 11.8. The molecule has 159 valence electrons. The Morgan fingerprint density at radius 1 is 1.10 bits per heavy atom. The van der Waals surface area contributed by atoms with Gasteiger partial charge in [0.2, 0.25) is 0 Å². The van der Waals surface area contributed by atoms with E-state index >= 15 is 0 Å². The monoisotopic (exact) mass is 424 g/mol. The highest BCUT2D eigenvalue weighted by Crippen LogP contribution is 2.46. The molecule has 6 heteroatoms. The normalized spacial score (nSPS) is 18.7. The highest BCUT2D eigenvalue weighted by atomic mass is 31.2. The fraction of sp³-hybridized carbons (Fsp3) is 0.417. The van der Waals surface area contributed by atoms with E-state index in [1.54, 1.807) is 4.90 Å². The van der Waals surface area contributed by atoms with Crippen LogP contribution in [-0.2, 0) is 9.47 Å². The van der Waals surface area contributed by atoms with Crippen LogP contribution in [0, 0.1) is 0 Å². The molecule has 0 spiro atoms. The summed E-state index contributed by atoms with van der Waals surface area (Å²) in [5.74, 6) is 2.11. The molecule has 1 saturated heterocycles. The molecule has 2 aromatic carbocycles. The summed E-state index contributed by atoms with van der Waals surface area (Å²) in [6.45, 7) is 12.4. The van der Waals surface area contributed by atoms with Crippen LogP contribution in [0.25, 0.3) is 0 Å². The fourth-order valence-electron chi connectivity index (χ4n) is 3.93. The lowest BCUT2D eigenvalue weighted by atomic mass is 9.93. The van der Waals surface area contributed by atoms with Gasteiger partial charge in [0.25, 0.3) is 0 Å². The lowest BCUT2D eigenvalue weighted by Gasteiger charge is -2.37. The maximum Gasteiger partial charge on any atom is 0.412 e. The van der Waals surface area contributed by atoms with Crippen molar-refractivity contribution in [2.24, 2.45) is 0 Å². The number of hydrogen-bond donors (Lipinski definition) is 0. The van der Waals surface area contributed by atoms with E-state index in [1.807, 2.05) is 46.8 Å². The van der Waals surface area contributed by atoms with Crippen LogP contribution >= 0.6 is 6.76 Å². The standard InChI is InChI=1S/C24H32BNO3P/c1-7-30(19-14-10-8-11-15-19,20-16-12-9-13-17-20)25-21-18-28-24(5,6)26(21)22(27)29-23(2,3)4/h7-17,21H,18H2,1-6H3/t21-/m1/s1. The Kier molecular flexibility index (Phi) is 6.55. The lowest BCUT2D eigenvalue weighted by Crippen LogP contribution is -2.52. The summed E-state index contributed by atoms with van der Waals surface area (Å²) in [6.07, 6.45) is -0.346. The molecule has 0 unspecified atom stereocenters. The molecule has 1 radical (unpaired) electrons. The Balaban J connectivity index is 2.05. The van der Waals surface area contributed by atoms with Gasteiger partial charge in [0.15, 0.2) is 7.00 Å². The Bertz CT molecular complexity index is 879. The minimum Gasteiger partial charge on any atom is -0.444 e. The van der Waals surface area contributed by atoms with Crippen molar-refractivity contribution in [3.05, 3.63) is 60.7 Å². The molecule has 0 aliphatic carbocycles. The topological polar surface area (TPSA) is 38.8 Å². The Morgan fingerprint density at radius 3 is 2.03 bits per heavy atom. The van der Waals surface area contributed by atoms with Gasteiger partial charge in [-0.1, -0.05) is 73.2 Å². The lowest BCUT2D eigenvalue weighted by molar-refractivity contribution is -0.0602. The molecule has 1 aliphatic rings. The van der Waals surface area contributed by atoms with Crippen molar-refractivity contribution in [2.75, 3.05) is 6.61 Å². The van der Waals surface area contributed by atoms with Crippen LogP contribution in [0.2, 0.25) is 0 Å². The number of rotatable bonds is 4. The SMILES string of the molecule is CC=P([B][C@H]1COC(C)(C)N1C(=O)OC(C)(C)C)(c1ccccc1)c1ccccc1. The van der Waals surface area contributed by atoms with Crippen molar-refractivity contribution in [1.82, 2.24) is 4.90 Å². The minimum atomic E-state index is -1.99. The molecule has 1 heterocycles. The summed E-state index contributed by atoms with van der Waals surface area (Å²) in [5, 5.41) is 2.51. The van der Waals surface area contributed by atoms with Gasteiger partial charge in [-0.15, -0.1) is 0 Å². The Hall–Kier alpha value is -1.97. The molecular formula is C24H32BNO3P. The summed E-state index contributed by atoms with van der Waals surface area (Å²) in [7, 11) is 0. The van der Waals surface area contributed by atoms with Crippen LogP contribution in [0.5, 0.6) is 0 Å². The van der Waals surface area contributed by atoms with E-state index in [0.29, 0.717) is 6.61 Å².